The molecular formula is C11H23NO. The Bertz CT molecular complexity index is 163. The lowest BCUT2D eigenvalue weighted by Crippen LogP contribution is -2.47. The summed E-state index contributed by atoms with van der Waals surface area (Å²) in [4.78, 5) is 0. The van der Waals surface area contributed by atoms with Crippen LogP contribution in [0, 0.1) is 5.41 Å². The Kier molecular flexibility index (Phi) is 3.03. The summed E-state index contributed by atoms with van der Waals surface area (Å²) in [5, 5.41) is 13.7. The topological polar surface area (TPSA) is 32.3 Å². The highest BCUT2D eigenvalue weighted by Crippen LogP contribution is 2.31. The second-order valence-electron chi connectivity index (χ2n) is 5.74. The van der Waals surface area contributed by atoms with Gasteiger partial charge in [0.2, 0.25) is 0 Å². The van der Waals surface area contributed by atoms with Crippen molar-refractivity contribution < 1.29 is 5.11 Å². The van der Waals surface area contributed by atoms with E-state index in [4.69, 9.17) is 0 Å². The Morgan fingerprint density at radius 2 is 1.92 bits per heavy atom. The van der Waals surface area contributed by atoms with Crippen LogP contribution in [0.15, 0.2) is 0 Å². The molecule has 2 unspecified atom stereocenters. The van der Waals surface area contributed by atoms with Gasteiger partial charge in [0, 0.05) is 6.04 Å². The first-order chi connectivity index (χ1) is 5.81. The molecular weight excluding hydrogens is 162 g/mol. The van der Waals surface area contributed by atoms with E-state index in [1.807, 2.05) is 6.92 Å². The fourth-order valence-electron chi connectivity index (χ4n) is 2.41. The third-order valence-electron chi connectivity index (χ3n) is 2.70. The Hall–Kier alpha value is -0.0800. The maximum atomic E-state index is 10.3. The number of hydrogen-bond acceptors (Lipinski definition) is 2. The van der Waals surface area contributed by atoms with Crippen LogP contribution in [0.25, 0.3) is 0 Å². The van der Waals surface area contributed by atoms with E-state index in [-0.39, 0.29) is 5.41 Å². The first-order valence-electron chi connectivity index (χ1n) is 5.27. The molecule has 1 saturated heterocycles. The molecule has 2 nitrogen and oxygen atoms in total. The van der Waals surface area contributed by atoms with Crippen molar-refractivity contribution in [2.45, 2.75) is 58.6 Å². The summed E-state index contributed by atoms with van der Waals surface area (Å²) in [6.07, 6.45) is 3.17. The summed E-state index contributed by atoms with van der Waals surface area (Å²) in [5.41, 5.74) is -0.345. The van der Waals surface area contributed by atoms with Gasteiger partial charge in [-0.3, -0.25) is 0 Å². The standard InChI is InChI=1S/C11H23NO/c1-10(2,3)8-11(4,13)9-6-5-7-12-9/h9,12-13H,5-8H2,1-4H3. The van der Waals surface area contributed by atoms with E-state index >= 15 is 0 Å². The van der Waals surface area contributed by atoms with Crippen molar-refractivity contribution in [2.24, 2.45) is 5.41 Å². The van der Waals surface area contributed by atoms with Crippen LogP contribution in [-0.2, 0) is 0 Å². The van der Waals surface area contributed by atoms with Gasteiger partial charge in [-0.25, -0.2) is 0 Å². The first kappa shape index (κ1) is 11.0. The van der Waals surface area contributed by atoms with Crippen molar-refractivity contribution in [1.82, 2.24) is 5.32 Å². The molecule has 1 fully saturated rings. The third kappa shape index (κ3) is 3.28. The van der Waals surface area contributed by atoms with Gasteiger partial charge in [-0.15, -0.1) is 0 Å². The first-order valence-corrected chi connectivity index (χ1v) is 5.27. The minimum atomic E-state index is -0.547. The predicted octanol–water partition coefficient (Wildman–Crippen LogP) is 1.93. The third-order valence-corrected chi connectivity index (χ3v) is 2.70. The van der Waals surface area contributed by atoms with E-state index in [1.54, 1.807) is 0 Å². The Labute approximate surface area is 81.7 Å². The van der Waals surface area contributed by atoms with Gasteiger partial charge in [-0.1, -0.05) is 20.8 Å². The molecule has 78 valence electrons. The minimum absolute atomic E-state index is 0.202. The molecule has 13 heavy (non-hydrogen) atoms. The zero-order valence-corrected chi connectivity index (χ0v) is 9.35. The smallest absolute Gasteiger partial charge is 0.0777 e. The Balaban J connectivity index is 2.53. The fourth-order valence-corrected chi connectivity index (χ4v) is 2.41. The fraction of sp³-hybridized carbons (Fsp3) is 1.00. The minimum Gasteiger partial charge on any atom is -0.389 e. The van der Waals surface area contributed by atoms with E-state index in [2.05, 4.69) is 26.1 Å². The molecule has 0 aromatic heterocycles. The van der Waals surface area contributed by atoms with Crippen LogP contribution in [0.5, 0.6) is 0 Å². The van der Waals surface area contributed by atoms with Crippen LogP contribution in [0.2, 0.25) is 0 Å². The molecule has 2 heteroatoms. The molecule has 2 N–H and O–H groups in total. The molecule has 0 radical (unpaired) electrons. The lowest BCUT2D eigenvalue weighted by Gasteiger charge is -2.35. The van der Waals surface area contributed by atoms with Crippen LogP contribution in [-0.4, -0.2) is 23.3 Å². The molecule has 2 atom stereocenters. The summed E-state index contributed by atoms with van der Waals surface area (Å²) < 4.78 is 0. The van der Waals surface area contributed by atoms with Gasteiger partial charge in [0.1, 0.15) is 0 Å². The molecule has 1 rings (SSSR count). The average Bonchev–Trinajstić information content (AvgIpc) is 2.29. The van der Waals surface area contributed by atoms with E-state index in [1.165, 1.54) is 6.42 Å². The lowest BCUT2D eigenvalue weighted by atomic mass is 9.79. The van der Waals surface area contributed by atoms with Crippen molar-refractivity contribution in [3.63, 3.8) is 0 Å². The summed E-state index contributed by atoms with van der Waals surface area (Å²) in [7, 11) is 0. The maximum absolute atomic E-state index is 10.3. The molecule has 1 heterocycles. The number of rotatable bonds is 2. The second-order valence-corrected chi connectivity index (χ2v) is 5.74. The van der Waals surface area contributed by atoms with Gasteiger partial charge < -0.3 is 10.4 Å². The van der Waals surface area contributed by atoms with Crippen molar-refractivity contribution in [3.05, 3.63) is 0 Å². The normalized spacial score (nSPS) is 28.8. The summed E-state index contributed by atoms with van der Waals surface area (Å²) >= 11 is 0. The van der Waals surface area contributed by atoms with E-state index in [9.17, 15) is 5.11 Å². The van der Waals surface area contributed by atoms with Crippen LogP contribution < -0.4 is 5.32 Å². The van der Waals surface area contributed by atoms with Gasteiger partial charge in [0.05, 0.1) is 5.60 Å². The monoisotopic (exact) mass is 185 g/mol. The SMILES string of the molecule is CC(C)(C)CC(C)(O)C1CCCN1. The second kappa shape index (κ2) is 3.58. The highest BCUT2D eigenvalue weighted by Gasteiger charge is 2.36. The number of aliphatic hydroxyl groups is 1. The molecule has 0 saturated carbocycles. The Morgan fingerprint density at radius 1 is 1.31 bits per heavy atom. The molecule has 0 aliphatic carbocycles. The quantitative estimate of drug-likeness (QED) is 0.689. The molecule has 0 spiro atoms. The van der Waals surface area contributed by atoms with Crippen molar-refractivity contribution in [2.75, 3.05) is 6.54 Å². The van der Waals surface area contributed by atoms with Crippen LogP contribution in [0.3, 0.4) is 0 Å². The zero-order chi connectivity index (χ0) is 10.1. The van der Waals surface area contributed by atoms with Gasteiger partial charge >= 0.3 is 0 Å². The summed E-state index contributed by atoms with van der Waals surface area (Å²) in [6.45, 7) is 9.55. The summed E-state index contributed by atoms with van der Waals surface area (Å²) in [6, 6.07) is 0.298. The summed E-state index contributed by atoms with van der Waals surface area (Å²) in [5.74, 6) is 0. The number of nitrogens with one attached hydrogen (secondary N) is 1. The molecule has 0 bridgehead atoms. The van der Waals surface area contributed by atoms with Crippen LogP contribution in [0.1, 0.15) is 47.0 Å². The van der Waals surface area contributed by atoms with Crippen molar-refractivity contribution in [1.29, 1.82) is 0 Å². The van der Waals surface area contributed by atoms with Crippen LogP contribution in [0.4, 0.5) is 0 Å². The van der Waals surface area contributed by atoms with E-state index < -0.39 is 5.60 Å². The van der Waals surface area contributed by atoms with Crippen LogP contribution >= 0.6 is 0 Å². The van der Waals surface area contributed by atoms with Gasteiger partial charge in [-0.2, -0.15) is 0 Å². The lowest BCUT2D eigenvalue weighted by molar-refractivity contribution is -0.00987. The average molecular weight is 185 g/mol. The van der Waals surface area contributed by atoms with Gasteiger partial charge in [-0.05, 0) is 38.1 Å². The molecule has 1 aliphatic rings. The van der Waals surface area contributed by atoms with E-state index in [0.717, 1.165) is 19.4 Å². The van der Waals surface area contributed by atoms with Gasteiger partial charge in [0.25, 0.3) is 0 Å². The van der Waals surface area contributed by atoms with Crippen molar-refractivity contribution in [3.8, 4) is 0 Å². The number of hydrogen-bond donors (Lipinski definition) is 2. The highest BCUT2D eigenvalue weighted by molar-refractivity contribution is 4.93. The molecule has 0 amide bonds. The molecule has 1 aliphatic heterocycles. The predicted molar refractivity (Wildman–Crippen MR) is 55.7 cm³/mol. The molecule has 0 aromatic rings. The largest absolute Gasteiger partial charge is 0.389 e. The van der Waals surface area contributed by atoms with E-state index in [0.29, 0.717) is 6.04 Å². The van der Waals surface area contributed by atoms with Gasteiger partial charge in [0.15, 0.2) is 0 Å². The zero-order valence-electron chi connectivity index (χ0n) is 9.35. The molecule has 0 aromatic carbocycles. The highest BCUT2D eigenvalue weighted by atomic mass is 16.3. The Morgan fingerprint density at radius 3 is 2.31 bits per heavy atom. The maximum Gasteiger partial charge on any atom is 0.0777 e. The van der Waals surface area contributed by atoms with Crippen molar-refractivity contribution >= 4 is 0 Å².